The van der Waals surface area contributed by atoms with Gasteiger partial charge in [0, 0.05) is 53.2 Å². The Balaban J connectivity index is 1.36. The Labute approximate surface area is 203 Å². The van der Waals surface area contributed by atoms with Crippen LogP contribution in [0, 0.1) is 0 Å². The van der Waals surface area contributed by atoms with Gasteiger partial charge in [-0.3, -0.25) is 0 Å². The van der Waals surface area contributed by atoms with Gasteiger partial charge in [-0.15, -0.1) is 0 Å². The minimum atomic E-state index is 0.359. The normalized spacial score (nSPS) is 14.1. The number of aromatic amines is 1. The SMILES string of the molecule is CC(C)Nc1ccc(Nc2nc(N/N=C/c3c[nH]c4ccccc34)nc(N3CCOCC3)n2)cc1. The Morgan fingerprint density at radius 2 is 1.71 bits per heavy atom. The minimum Gasteiger partial charge on any atom is -0.383 e. The maximum Gasteiger partial charge on any atom is 0.250 e. The number of benzene rings is 2. The molecule has 180 valence electrons. The van der Waals surface area contributed by atoms with Gasteiger partial charge < -0.3 is 25.3 Å². The average Bonchev–Trinajstić information content (AvgIpc) is 3.28. The van der Waals surface area contributed by atoms with Gasteiger partial charge >= 0.3 is 0 Å². The van der Waals surface area contributed by atoms with Gasteiger partial charge in [0.2, 0.25) is 17.8 Å². The molecule has 2 aromatic carbocycles. The third kappa shape index (κ3) is 5.67. The molecule has 4 N–H and O–H groups in total. The van der Waals surface area contributed by atoms with Crippen molar-refractivity contribution in [3.05, 3.63) is 60.3 Å². The lowest BCUT2D eigenvalue weighted by Crippen LogP contribution is -2.37. The highest BCUT2D eigenvalue weighted by molar-refractivity contribution is 5.99. The number of H-pyrrole nitrogens is 1. The van der Waals surface area contributed by atoms with Crippen molar-refractivity contribution >= 4 is 46.3 Å². The molecule has 1 saturated heterocycles. The molecule has 10 nitrogen and oxygen atoms in total. The van der Waals surface area contributed by atoms with Crippen LogP contribution in [0.3, 0.4) is 0 Å². The summed E-state index contributed by atoms with van der Waals surface area (Å²) in [6, 6.07) is 16.5. The molecular weight excluding hydrogens is 442 g/mol. The van der Waals surface area contributed by atoms with E-state index in [9.17, 15) is 0 Å². The van der Waals surface area contributed by atoms with Crippen LogP contribution in [0.25, 0.3) is 10.9 Å². The minimum absolute atomic E-state index is 0.359. The summed E-state index contributed by atoms with van der Waals surface area (Å²) in [5.74, 6) is 1.38. The summed E-state index contributed by atoms with van der Waals surface area (Å²) in [5.41, 5.74) is 6.95. The summed E-state index contributed by atoms with van der Waals surface area (Å²) >= 11 is 0. The predicted octanol–water partition coefficient (Wildman–Crippen LogP) is 4.20. The second-order valence-electron chi connectivity index (χ2n) is 8.54. The van der Waals surface area contributed by atoms with Crippen molar-refractivity contribution in [3.8, 4) is 0 Å². The van der Waals surface area contributed by atoms with Gasteiger partial charge in [0.25, 0.3) is 0 Å². The smallest absolute Gasteiger partial charge is 0.250 e. The fourth-order valence-corrected chi connectivity index (χ4v) is 3.85. The van der Waals surface area contributed by atoms with E-state index in [4.69, 9.17) is 4.74 Å². The number of nitrogens with one attached hydrogen (secondary N) is 4. The zero-order chi connectivity index (χ0) is 24.0. The largest absolute Gasteiger partial charge is 0.383 e. The Bertz CT molecular complexity index is 1290. The molecular formula is C25H29N9O. The van der Waals surface area contributed by atoms with E-state index >= 15 is 0 Å². The molecule has 4 aromatic rings. The summed E-state index contributed by atoms with van der Waals surface area (Å²) in [5, 5.41) is 12.2. The number of morpholine rings is 1. The number of anilines is 5. The summed E-state index contributed by atoms with van der Waals surface area (Å²) in [6.07, 6.45) is 3.68. The number of aromatic nitrogens is 4. The predicted molar refractivity (Wildman–Crippen MR) is 141 cm³/mol. The first-order valence-electron chi connectivity index (χ1n) is 11.7. The third-order valence-corrected chi connectivity index (χ3v) is 5.50. The van der Waals surface area contributed by atoms with Crippen molar-refractivity contribution in [2.45, 2.75) is 19.9 Å². The van der Waals surface area contributed by atoms with Crippen molar-refractivity contribution in [1.29, 1.82) is 0 Å². The highest BCUT2D eigenvalue weighted by atomic mass is 16.5. The maximum absolute atomic E-state index is 5.48. The van der Waals surface area contributed by atoms with Gasteiger partial charge in [-0.05, 0) is 44.2 Å². The van der Waals surface area contributed by atoms with Crippen LogP contribution in [0.1, 0.15) is 19.4 Å². The van der Waals surface area contributed by atoms with Gasteiger partial charge in [-0.25, -0.2) is 5.43 Å². The molecule has 10 heteroatoms. The molecule has 0 unspecified atom stereocenters. The summed E-state index contributed by atoms with van der Waals surface area (Å²) in [4.78, 5) is 19.1. The summed E-state index contributed by atoms with van der Waals surface area (Å²) in [7, 11) is 0. The molecule has 0 radical (unpaired) electrons. The first kappa shape index (κ1) is 22.6. The van der Waals surface area contributed by atoms with E-state index in [-0.39, 0.29) is 0 Å². The van der Waals surface area contributed by atoms with Crippen LogP contribution in [-0.2, 0) is 4.74 Å². The molecule has 0 atom stereocenters. The lowest BCUT2D eigenvalue weighted by molar-refractivity contribution is 0.122. The molecule has 0 spiro atoms. The first-order chi connectivity index (χ1) is 17.1. The lowest BCUT2D eigenvalue weighted by atomic mass is 10.2. The van der Waals surface area contributed by atoms with E-state index in [1.54, 1.807) is 6.21 Å². The van der Waals surface area contributed by atoms with Gasteiger partial charge in [-0.2, -0.15) is 20.1 Å². The maximum atomic E-state index is 5.48. The number of fused-ring (bicyclic) bond motifs is 1. The molecule has 5 rings (SSSR count). The standard InChI is InChI=1S/C25H29N9O/c1-17(2)28-19-7-9-20(10-8-19)29-23-30-24(32-25(31-23)34-11-13-35-14-12-34)33-27-16-18-15-26-22-6-4-3-5-21(18)22/h3-10,15-17,26,28H,11-14H2,1-2H3,(H2,29,30,31,32,33)/b27-16+. The van der Waals surface area contributed by atoms with Crippen molar-refractivity contribution in [1.82, 2.24) is 19.9 Å². The molecule has 0 aliphatic carbocycles. The van der Waals surface area contributed by atoms with Crippen molar-refractivity contribution in [2.75, 3.05) is 47.3 Å². The van der Waals surface area contributed by atoms with Gasteiger partial charge in [0.1, 0.15) is 0 Å². The number of hydrogen-bond donors (Lipinski definition) is 4. The number of rotatable bonds is 8. The van der Waals surface area contributed by atoms with Crippen LogP contribution in [-0.4, -0.2) is 58.5 Å². The van der Waals surface area contributed by atoms with E-state index in [0.29, 0.717) is 37.1 Å². The molecule has 0 bridgehead atoms. The summed E-state index contributed by atoms with van der Waals surface area (Å²) < 4.78 is 5.48. The number of nitrogens with zero attached hydrogens (tertiary/aromatic N) is 5. The van der Waals surface area contributed by atoms with Crippen LogP contribution in [0.5, 0.6) is 0 Å². The van der Waals surface area contributed by atoms with Crippen LogP contribution >= 0.6 is 0 Å². The second-order valence-corrected chi connectivity index (χ2v) is 8.54. The van der Waals surface area contributed by atoms with Crippen LogP contribution < -0.4 is 21.0 Å². The van der Waals surface area contributed by atoms with Crippen molar-refractivity contribution in [3.63, 3.8) is 0 Å². The highest BCUT2D eigenvalue weighted by Crippen LogP contribution is 2.21. The van der Waals surface area contributed by atoms with Gasteiger partial charge in [-0.1, -0.05) is 18.2 Å². The lowest BCUT2D eigenvalue weighted by Gasteiger charge is -2.27. The second kappa shape index (κ2) is 10.4. The number of para-hydroxylation sites is 1. The number of hydrogen-bond acceptors (Lipinski definition) is 9. The highest BCUT2D eigenvalue weighted by Gasteiger charge is 2.17. The van der Waals surface area contributed by atoms with E-state index in [2.05, 4.69) is 65.9 Å². The molecule has 0 saturated carbocycles. The van der Waals surface area contributed by atoms with E-state index in [0.717, 1.165) is 40.9 Å². The Morgan fingerprint density at radius 3 is 2.51 bits per heavy atom. The zero-order valence-electron chi connectivity index (χ0n) is 19.8. The number of hydrazone groups is 1. The third-order valence-electron chi connectivity index (χ3n) is 5.50. The fourth-order valence-electron chi connectivity index (χ4n) is 3.85. The van der Waals surface area contributed by atoms with Gasteiger partial charge in [0.05, 0.1) is 19.4 Å². The van der Waals surface area contributed by atoms with Crippen LogP contribution in [0.4, 0.5) is 29.2 Å². The quantitative estimate of drug-likeness (QED) is 0.223. The van der Waals surface area contributed by atoms with Crippen molar-refractivity contribution in [2.24, 2.45) is 5.10 Å². The first-order valence-corrected chi connectivity index (χ1v) is 11.7. The molecule has 1 fully saturated rings. The molecule has 35 heavy (non-hydrogen) atoms. The van der Waals surface area contributed by atoms with Crippen LogP contribution in [0.15, 0.2) is 59.8 Å². The molecule has 0 amide bonds. The van der Waals surface area contributed by atoms with E-state index in [1.165, 1.54) is 0 Å². The molecule has 3 heterocycles. The monoisotopic (exact) mass is 471 g/mol. The van der Waals surface area contributed by atoms with Crippen LogP contribution in [0.2, 0.25) is 0 Å². The topological polar surface area (TPSA) is 115 Å². The Hall–Kier alpha value is -4.18. The molecule has 1 aliphatic rings. The van der Waals surface area contributed by atoms with E-state index < -0.39 is 0 Å². The van der Waals surface area contributed by atoms with Crippen molar-refractivity contribution < 1.29 is 4.74 Å². The zero-order valence-corrected chi connectivity index (χ0v) is 19.8. The average molecular weight is 472 g/mol. The Morgan fingerprint density at radius 1 is 0.971 bits per heavy atom. The van der Waals surface area contributed by atoms with Gasteiger partial charge in [0.15, 0.2) is 0 Å². The molecule has 2 aromatic heterocycles. The summed E-state index contributed by atoms with van der Waals surface area (Å²) in [6.45, 7) is 6.94. The fraction of sp³-hybridized carbons (Fsp3) is 0.280. The molecule has 1 aliphatic heterocycles. The van der Waals surface area contributed by atoms with E-state index in [1.807, 2.05) is 48.7 Å². The number of ether oxygens (including phenoxy) is 1. The Kier molecular flexibility index (Phi) is 6.71.